The van der Waals surface area contributed by atoms with E-state index in [1.807, 2.05) is 18.2 Å². The van der Waals surface area contributed by atoms with Crippen LogP contribution in [0.3, 0.4) is 0 Å². The van der Waals surface area contributed by atoms with Gasteiger partial charge in [-0.2, -0.15) is 27.1 Å². The Bertz CT molecular complexity index is 1190. The van der Waals surface area contributed by atoms with E-state index in [0.717, 1.165) is 24.3 Å². The van der Waals surface area contributed by atoms with E-state index in [9.17, 15) is 16.8 Å². The molecular weight excluding hydrogens is 404 g/mol. The van der Waals surface area contributed by atoms with E-state index in [-0.39, 0.29) is 15.5 Å². The molecule has 0 aliphatic carbocycles. The van der Waals surface area contributed by atoms with Gasteiger partial charge in [0.25, 0.3) is 10.1 Å². The zero-order chi connectivity index (χ0) is 20.2. The fourth-order valence-corrected chi connectivity index (χ4v) is 3.54. The highest BCUT2D eigenvalue weighted by molar-refractivity contribution is 7.87. The van der Waals surface area contributed by atoms with Gasteiger partial charge in [0, 0.05) is 0 Å². The molecule has 3 rings (SSSR count). The fraction of sp³-hybridized carbons (Fsp3) is 0. The van der Waals surface area contributed by atoms with Crippen LogP contribution in [0, 0.1) is 0 Å². The highest BCUT2D eigenvalue weighted by atomic mass is 32.2. The van der Waals surface area contributed by atoms with Crippen molar-refractivity contribution in [2.75, 3.05) is 0 Å². The van der Waals surface area contributed by atoms with Crippen LogP contribution in [0.25, 0.3) is 0 Å². The molecule has 1 N–H and O–H groups in total. The molecule has 0 bridgehead atoms. The van der Waals surface area contributed by atoms with E-state index in [1.165, 1.54) is 24.3 Å². The lowest BCUT2D eigenvalue weighted by atomic mass is 10.3. The van der Waals surface area contributed by atoms with Gasteiger partial charge in [0.1, 0.15) is 10.6 Å². The van der Waals surface area contributed by atoms with Gasteiger partial charge in [-0.25, -0.2) is 0 Å². The van der Waals surface area contributed by atoms with Crippen molar-refractivity contribution in [1.29, 1.82) is 0 Å². The van der Waals surface area contributed by atoms with Crippen molar-refractivity contribution >= 4 is 31.6 Å². The van der Waals surface area contributed by atoms with E-state index in [4.69, 9.17) is 8.74 Å². The molecule has 0 atom stereocenters. The minimum atomic E-state index is -4.37. The Morgan fingerprint density at radius 2 is 1.14 bits per heavy atom. The molecule has 28 heavy (non-hydrogen) atoms. The Hall–Kier alpha value is -3.08. The molecule has 0 unspecified atom stereocenters. The van der Waals surface area contributed by atoms with Crippen molar-refractivity contribution in [3.63, 3.8) is 0 Å². The second-order valence-corrected chi connectivity index (χ2v) is 8.48. The van der Waals surface area contributed by atoms with Crippen LogP contribution in [0.1, 0.15) is 0 Å². The van der Waals surface area contributed by atoms with E-state index < -0.39 is 20.2 Å². The number of hydrogen-bond acceptors (Lipinski definition) is 7. The van der Waals surface area contributed by atoms with E-state index in [2.05, 4.69) is 10.2 Å². The highest BCUT2D eigenvalue weighted by Crippen LogP contribution is 2.23. The number of benzene rings is 3. The number of azo groups is 1. The first-order valence-corrected chi connectivity index (χ1v) is 10.7. The summed E-state index contributed by atoms with van der Waals surface area (Å²) >= 11 is 0. The maximum atomic E-state index is 12.3. The Kier molecular flexibility index (Phi) is 5.54. The van der Waals surface area contributed by atoms with Crippen LogP contribution in [0.5, 0.6) is 5.75 Å². The van der Waals surface area contributed by atoms with Gasteiger partial charge in [0.2, 0.25) is 0 Å². The molecule has 0 spiro atoms. The molecular formula is C18H14N2O6S2. The standard InChI is InChI=1S/C18H14N2O6S2/c21-27(22,23)17-12-8-16(9-13-17)26-28(24,25)18-10-6-15(7-11-18)20-19-14-4-2-1-3-5-14/h1-13H,(H,21,22,23). The summed E-state index contributed by atoms with van der Waals surface area (Å²) in [7, 11) is -8.50. The Morgan fingerprint density at radius 3 is 1.68 bits per heavy atom. The van der Waals surface area contributed by atoms with Gasteiger partial charge in [0.15, 0.2) is 0 Å². The normalized spacial score (nSPS) is 12.2. The molecule has 0 saturated carbocycles. The second-order valence-electron chi connectivity index (χ2n) is 5.51. The maximum absolute atomic E-state index is 12.3. The van der Waals surface area contributed by atoms with E-state index in [0.29, 0.717) is 11.4 Å². The second kappa shape index (κ2) is 7.89. The lowest BCUT2D eigenvalue weighted by molar-refractivity contribution is 0.482. The van der Waals surface area contributed by atoms with Gasteiger partial charge in [-0.3, -0.25) is 4.55 Å². The molecule has 0 saturated heterocycles. The minimum absolute atomic E-state index is 0.0970. The van der Waals surface area contributed by atoms with Gasteiger partial charge in [-0.05, 0) is 60.7 Å². The zero-order valence-corrected chi connectivity index (χ0v) is 15.8. The van der Waals surface area contributed by atoms with Crippen molar-refractivity contribution < 1.29 is 25.6 Å². The molecule has 0 radical (unpaired) electrons. The first-order chi connectivity index (χ1) is 13.2. The lowest BCUT2D eigenvalue weighted by Gasteiger charge is -2.07. The van der Waals surface area contributed by atoms with Crippen LogP contribution in [0.4, 0.5) is 11.4 Å². The third-order valence-electron chi connectivity index (χ3n) is 3.49. The largest absolute Gasteiger partial charge is 0.379 e. The molecule has 0 aromatic heterocycles. The average Bonchev–Trinajstić information content (AvgIpc) is 2.67. The number of nitrogens with zero attached hydrogens (tertiary/aromatic N) is 2. The summed E-state index contributed by atoms with van der Waals surface area (Å²) in [6.45, 7) is 0. The maximum Gasteiger partial charge on any atom is 0.339 e. The molecule has 0 heterocycles. The summed E-state index contributed by atoms with van der Waals surface area (Å²) in [5.74, 6) is -0.0970. The molecule has 0 aliphatic heterocycles. The first kappa shape index (κ1) is 19.7. The monoisotopic (exact) mass is 418 g/mol. The van der Waals surface area contributed by atoms with Crippen LogP contribution >= 0.6 is 0 Å². The van der Waals surface area contributed by atoms with Gasteiger partial charge in [0.05, 0.1) is 16.3 Å². The molecule has 144 valence electrons. The molecule has 3 aromatic rings. The van der Waals surface area contributed by atoms with Crippen LogP contribution in [-0.4, -0.2) is 21.4 Å². The molecule has 10 heteroatoms. The fourth-order valence-electron chi connectivity index (χ4n) is 2.13. The van der Waals surface area contributed by atoms with Gasteiger partial charge >= 0.3 is 10.1 Å². The summed E-state index contributed by atoms with van der Waals surface area (Å²) in [4.78, 5) is -0.476. The average molecular weight is 418 g/mol. The van der Waals surface area contributed by atoms with E-state index in [1.54, 1.807) is 12.1 Å². The quantitative estimate of drug-likeness (QED) is 0.365. The summed E-state index contributed by atoms with van der Waals surface area (Å²) in [6.07, 6.45) is 0. The van der Waals surface area contributed by atoms with Gasteiger partial charge < -0.3 is 4.18 Å². The summed E-state index contributed by atoms with van der Waals surface area (Å²) < 4.78 is 60.6. The van der Waals surface area contributed by atoms with Crippen molar-refractivity contribution in [1.82, 2.24) is 0 Å². The van der Waals surface area contributed by atoms with Crippen LogP contribution in [-0.2, 0) is 20.2 Å². The SMILES string of the molecule is O=S(=O)(O)c1ccc(OS(=O)(=O)c2ccc(N=Nc3ccccc3)cc2)cc1. The summed E-state index contributed by atoms with van der Waals surface area (Å²) in [5.41, 5.74) is 1.12. The predicted molar refractivity (Wildman–Crippen MR) is 101 cm³/mol. The molecule has 0 fully saturated rings. The van der Waals surface area contributed by atoms with E-state index >= 15 is 0 Å². The Balaban J connectivity index is 1.74. The first-order valence-electron chi connectivity index (χ1n) is 7.83. The van der Waals surface area contributed by atoms with Crippen molar-refractivity contribution in [2.45, 2.75) is 9.79 Å². The van der Waals surface area contributed by atoms with Gasteiger partial charge in [-0.15, -0.1) is 0 Å². The Labute approximate surface area is 162 Å². The number of hydrogen-bond donors (Lipinski definition) is 1. The van der Waals surface area contributed by atoms with Crippen LogP contribution < -0.4 is 4.18 Å². The van der Waals surface area contributed by atoms with Crippen molar-refractivity contribution in [3.8, 4) is 5.75 Å². The Morgan fingerprint density at radius 1 is 0.643 bits per heavy atom. The van der Waals surface area contributed by atoms with Gasteiger partial charge in [-0.1, -0.05) is 18.2 Å². The third-order valence-corrected chi connectivity index (χ3v) is 5.62. The predicted octanol–water partition coefficient (Wildman–Crippen LogP) is 4.12. The topological polar surface area (TPSA) is 122 Å². The number of rotatable bonds is 6. The minimum Gasteiger partial charge on any atom is -0.379 e. The third kappa shape index (κ3) is 5.00. The molecule has 3 aromatic carbocycles. The summed E-state index contributed by atoms with van der Waals surface area (Å²) in [6, 6.07) is 19.0. The summed E-state index contributed by atoms with van der Waals surface area (Å²) in [5, 5.41) is 8.06. The lowest BCUT2D eigenvalue weighted by Crippen LogP contribution is -2.09. The molecule has 0 amide bonds. The molecule has 8 nitrogen and oxygen atoms in total. The molecule has 0 aliphatic rings. The van der Waals surface area contributed by atoms with Crippen molar-refractivity contribution in [3.05, 3.63) is 78.9 Å². The smallest absolute Gasteiger partial charge is 0.339 e. The highest BCUT2D eigenvalue weighted by Gasteiger charge is 2.17. The van der Waals surface area contributed by atoms with Crippen LogP contribution in [0.2, 0.25) is 0 Å². The van der Waals surface area contributed by atoms with Crippen molar-refractivity contribution in [2.24, 2.45) is 10.2 Å². The zero-order valence-electron chi connectivity index (χ0n) is 14.2. The van der Waals surface area contributed by atoms with Crippen LogP contribution in [0.15, 0.2) is 98.9 Å².